The van der Waals surface area contributed by atoms with Crippen molar-refractivity contribution in [3.63, 3.8) is 0 Å². The number of benzene rings is 3. The lowest BCUT2D eigenvalue weighted by atomic mass is 10.1. The number of aryl methyl sites for hydroxylation is 1. The van der Waals surface area contributed by atoms with Crippen molar-refractivity contribution in [3.05, 3.63) is 95.1 Å². The number of nitrogens with one attached hydrogen (secondary N) is 1. The van der Waals surface area contributed by atoms with Crippen molar-refractivity contribution < 1.29 is 14.3 Å². The van der Waals surface area contributed by atoms with Crippen LogP contribution in [-0.2, 0) is 24.2 Å². The molecule has 0 radical (unpaired) electrons. The van der Waals surface area contributed by atoms with E-state index in [1.165, 1.54) is 0 Å². The van der Waals surface area contributed by atoms with Gasteiger partial charge in [0.25, 0.3) is 5.91 Å². The quantitative estimate of drug-likeness (QED) is 0.632. The number of methoxy groups -OCH3 is 1. The number of hydrogen-bond acceptors (Lipinski definition) is 3. The molecular weight excluding hydrogens is 388 g/mol. The Balaban J connectivity index is 1.31. The molecule has 0 saturated heterocycles. The molecule has 2 amide bonds. The van der Waals surface area contributed by atoms with E-state index in [4.69, 9.17) is 4.74 Å². The molecule has 0 atom stereocenters. The van der Waals surface area contributed by atoms with Gasteiger partial charge in [-0.25, -0.2) is 0 Å². The Kier molecular flexibility index (Phi) is 6.32. The summed E-state index contributed by atoms with van der Waals surface area (Å²) in [4.78, 5) is 26.9. The van der Waals surface area contributed by atoms with Gasteiger partial charge >= 0.3 is 0 Å². The number of fused-ring (bicyclic) bond motifs is 1. The number of anilines is 1. The molecule has 0 aromatic heterocycles. The van der Waals surface area contributed by atoms with Crippen LogP contribution in [0.1, 0.15) is 33.5 Å². The maximum absolute atomic E-state index is 12.8. The van der Waals surface area contributed by atoms with Gasteiger partial charge in [0, 0.05) is 30.8 Å². The highest BCUT2D eigenvalue weighted by Crippen LogP contribution is 2.30. The molecule has 0 bridgehead atoms. The van der Waals surface area contributed by atoms with Gasteiger partial charge < -0.3 is 15.0 Å². The Bertz CT molecular complexity index is 1060. The van der Waals surface area contributed by atoms with Gasteiger partial charge in [0.1, 0.15) is 5.75 Å². The van der Waals surface area contributed by atoms with Gasteiger partial charge in [-0.15, -0.1) is 0 Å². The van der Waals surface area contributed by atoms with Crippen molar-refractivity contribution in [2.45, 2.75) is 25.8 Å². The first-order chi connectivity index (χ1) is 15.1. The molecule has 3 aromatic carbocycles. The summed E-state index contributed by atoms with van der Waals surface area (Å²) >= 11 is 0. The molecule has 3 aromatic rings. The fourth-order valence-electron chi connectivity index (χ4n) is 3.85. The zero-order chi connectivity index (χ0) is 21.6. The van der Waals surface area contributed by atoms with E-state index in [1.807, 2.05) is 71.6 Å². The van der Waals surface area contributed by atoms with Crippen molar-refractivity contribution in [3.8, 4) is 5.75 Å². The summed E-state index contributed by atoms with van der Waals surface area (Å²) in [6, 6.07) is 23.2. The first kappa shape index (κ1) is 20.7. The second-order valence-electron chi connectivity index (χ2n) is 7.66. The predicted molar refractivity (Wildman–Crippen MR) is 121 cm³/mol. The molecule has 0 fully saturated rings. The maximum Gasteiger partial charge on any atom is 0.258 e. The summed E-state index contributed by atoms with van der Waals surface area (Å²) in [6.07, 6.45) is 1.96. The summed E-state index contributed by atoms with van der Waals surface area (Å²) < 4.78 is 5.16. The molecule has 0 unspecified atom stereocenters. The number of rotatable bonds is 7. The van der Waals surface area contributed by atoms with Crippen LogP contribution in [0.2, 0.25) is 0 Å². The Morgan fingerprint density at radius 3 is 2.45 bits per heavy atom. The summed E-state index contributed by atoms with van der Waals surface area (Å²) in [6.45, 7) is 1.17. The average molecular weight is 415 g/mol. The molecule has 5 heteroatoms. The van der Waals surface area contributed by atoms with E-state index >= 15 is 0 Å². The van der Waals surface area contributed by atoms with Gasteiger partial charge in [-0.05, 0) is 59.9 Å². The third kappa shape index (κ3) is 4.94. The molecule has 1 N–H and O–H groups in total. The molecule has 1 heterocycles. The number of carbonyl (C=O) groups excluding carboxylic acids is 2. The first-order valence-electron chi connectivity index (χ1n) is 10.5. The zero-order valence-corrected chi connectivity index (χ0v) is 17.6. The van der Waals surface area contributed by atoms with Gasteiger partial charge in [0.15, 0.2) is 0 Å². The Morgan fingerprint density at radius 1 is 0.968 bits per heavy atom. The SMILES string of the molecule is COc1ccc(CCC(=O)NCc2ccc3c(c2)CCN3C(=O)c2ccccc2)cc1. The van der Waals surface area contributed by atoms with Crippen LogP contribution >= 0.6 is 0 Å². The van der Waals surface area contributed by atoms with E-state index in [0.29, 0.717) is 31.5 Å². The monoisotopic (exact) mass is 414 g/mol. The molecule has 0 spiro atoms. The number of ether oxygens (including phenoxy) is 1. The normalized spacial score (nSPS) is 12.4. The van der Waals surface area contributed by atoms with E-state index in [-0.39, 0.29) is 11.8 Å². The van der Waals surface area contributed by atoms with Gasteiger partial charge in [0.2, 0.25) is 5.91 Å². The van der Waals surface area contributed by atoms with Crippen molar-refractivity contribution in [2.24, 2.45) is 0 Å². The van der Waals surface area contributed by atoms with Crippen LogP contribution in [0.3, 0.4) is 0 Å². The molecule has 1 aliphatic rings. The molecule has 4 rings (SSSR count). The molecule has 31 heavy (non-hydrogen) atoms. The van der Waals surface area contributed by atoms with Crippen molar-refractivity contribution in [1.29, 1.82) is 0 Å². The van der Waals surface area contributed by atoms with E-state index < -0.39 is 0 Å². The number of carbonyl (C=O) groups is 2. The Hall–Kier alpha value is -3.60. The molecule has 0 saturated carbocycles. The number of hydrogen-bond donors (Lipinski definition) is 1. The van der Waals surface area contributed by atoms with E-state index in [2.05, 4.69) is 11.4 Å². The second kappa shape index (κ2) is 9.47. The molecular formula is C26H26N2O3. The fourth-order valence-corrected chi connectivity index (χ4v) is 3.85. The van der Waals surface area contributed by atoms with Crippen LogP contribution in [0.4, 0.5) is 5.69 Å². The standard InChI is InChI=1S/C26H26N2O3/c1-31-23-11-7-19(8-12-23)10-14-25(29)27-18-20-9-13-24-22(17-20)15-16-28(24)26(30)21-5-3-2-4-6-21/h2-9,11-13,17H,10,14-16,18H2,1H3,(H,27,29). The highest BCUT2D eigenvalue weighted by molar-refractivity contribution is 6.07. The van der Waals surface area contributed by atoms with Crippen molar-refractivity contribution >= 4 is 17.5 Å². The first-order valence-corrected chi connectivity index (χ1v) is 10.5. The van der Waals surface area contributed by atoms with Gasteiger partial charge in [-0.2, -0.15) is 0 Å². The van der Waals surface area contributed by atoms with Gasteiger partial charge in [0.05, 0.1) is 7.11 Å². The minimum absolute atomic E-state index is 0.0252. The molecule has 158 valence electrons. The molecule has 0 aliphatic carbocycles. The lowest BCUT2D eigenvalue weighted by molar-refractivity contribution is -0.121. The van der Waals surface area contributed by atoms with Crippen molar-refractivity contribution in [1.82, 2.24) is 5.32 Å². The van der Waals surface area contributed by atoms with Gasteiger partial charge in [-0.1, -0.05) is 42.5 Å². The summed E-state index contributed by atoms with van der Waals surface area (Å²) in [5, 5.41) is 3.00. The molecule has 1 aliphatic heterocycles. The van der Waals surface area contributed by atoms with Gasteiger partial charge in [-0.3, -0.25) is 9.59 Å². The maximum atomic E-state index is 12.8. The minimum atomic E-state index is 0.0252. The van der Waals surface area contributed by atoms with Crippen LogP contribution in [0.25, 0.3) is 0 Å². The lowest BCUT2D eigenvalue weighted by Gasteiger charge is -2.17. The smallest absolute Gasteiger partial charge is 0.258 e. The third-order valence-electron chi connectivity index (χ3n) is 5.59. The summed E-state index contributed by atoms with van der Waals surface area (Å²) in [5.41, 5.74) is 4.96. The number of nitrogens with zero attached hydrogens (tertiary/aromatic N) is 1. The van der Waals surface area contributed by atoms with Crippen LogP contribution in [-0.4, -0.2) is 25.5 Å². The highest BCUT2D eigenvalue weighted by Gasteiger charge is 2.25. The van der Waals surface area contributed by atoms with Crippen LogP contribution < -0.4 is 15.0 Å². The minimum Gasteiger partial charge on any atom is -0.497 e. The Morgan fingerprint density at radius 2 is 1.71 bits per heavy atom. The van der Waals surface area contributed by atoms with E-state index in [9.17, 15) is 9.59 Å². The molecule has 5 nitrogen and oxygen atoms in total. The van der Waals surface area contributed by atoms with Crippen LogP contribution in [0.5, 0.6) is 5.75 Å². The van der Waals surface area contributed by atoms with Crippen LogP contribution in [0.15, 0.2) is 72.8 Å². The Labute approximate surface area is 182 Å². The second-order valence-corrected chi connectivity index (χ2v) is 7.66. The van der Waals surface area contributed by atoms with Crippen LogP contribution in [0, 0.1) is 0 Å². The fraction of sp³-hybridized carbons (Fsp3) is 0.231. The lowest BCUT2D eigenvalue weighted by Crippen LogP contribution is -2.28. The largest absolute Gasteiger partial charge is 0.497 e. The summed E-state index contributed by atoms with van der Waals surface area (Å²) in [7, 11) is 1.64. The van der Waals surface area contributed by atoms with E-state index in [0.717, 1.165) is 34.5 Å². The summed E-state index contributed by atoms with van der Waals surface area (Å²) in [5.74, 6) is 0.866. The predicted octanol–water partition coefficient (Wildman–Crippen LogP) is 4.15. The number of amides is 2. The van der Waals surface area contributed by atoms with Crippen molar-refractivity contribution in [2.75, 3.05) is 18.6 Å². The highest BCUT2D eigenvalue weighted by atomic mass is 16.5. The third-order valence-corrected chi connectivity index (χ3v) is 5.59. The zero-order valence-electron chi connectivity index (χ0n) is 17.6. The van der Waals surface area contributed by atoms with E-state index in [1.54, 1.807) is 7.11 Å². The average Bonchev–Trinajstić information content (AvgIpc) is 3.25. The topological polar surface area (TPSA) is 58.6 Å².